The van der Waals surface area contributed by atoms with Gasteiger partial charge >= 0.3 is 0 Å². The molecule has 3 rings (SSSR count). The van der Waals surface area contributed by atoms with E-state index >= 15 is 0 Å². The lowest BCUT2D eigenvalue weighted by atomic mass is 10.0. The molecule has 2 saturated carbocycles. The van der Waals surface area contributed by atoms with Gasteiger partial charge < -0.3 is 11.1 Å². The topological polar surface area (TPSA) is 55.1 Å². The summed E-state index contributed by atoms with van der Waals surface area (Å²) < 4.78 is 0. The standard InChI is InChI=1S/C17H24N2O/c18-17(11-12-17)14-8-5-13(6-9-14)7-10-16(20)19-15-3-1-2-4-15/h5-6,8-9,15H,1-4,7,10-12,18H2,(H,19,20). The Labute approximate surface area is 120 Å². The normalized spacial score (nSPS) is 20.9. The summed E-state index contributed by atoms with van der Waals surface area (Å²) in [6.45, 7) is 0. The molecule has 2 aliphatic carbocycles. The fourth-order valence-electron chi connectivity index (χ4n) is 3.05. The van der Waals surface area contributed by atoms with Crippen LogP contribution in [0.2, 0.25) is 0 Å². The number of benzene rings is 1. The van der Waals surface area contributed by atoms with Gasteiger partial charge in [-0.3, -0.25) is 4.79 Å². The largest absolute Gasteiger partial charge is 0.353 e. The first-order valence-corrected chi connectivity index (χ1v) is 7.83. The summed E-state index contributed by atoms with van der Waals surface area (Å²) in [5, 5.41) is 3.14. The zero-order chi connectivity index (χ0) is 14.0. The van der Waals surface area contributed by atoms with Gasteiger partial charge in [-0.05, 0) is 43.2 Å². The second kappa shape index (κ2) is 5.57. The van der Waals surface area contributed by atoms with Crippen LogP contribution in [0.1, 0.15) is 56.1 Å². The lowest BCUT2D eigenvalue weighted by Crippen LogP contribution is -2.32. The molecule has 0 atom stereocenters. The Hall–Kier alpha value is -1.35. The van der Waals surface area contributed by atoms with Crippen LogP contribution in [0.25, 0.3) is 0 Å². The van der Waals surface area contributed by atoms with Crippen molar-refractivity contribution in [3.8, 4) is 0 Å². The van der Waals surface area contributed by atoms with Crippen LogP contribution in [0, 0.1) is 0 Å². The SMILES string of the molecule is NC1(c2ccc(CCC(=O)NC3CCCC3)cc2)CC1. The molecule has 0 aromatic heterocycles. The van der Waals surface area contributed by atoms with Crippen molar-refractivity contribution in [1.29, 1.82) is 0 Å². The molecule has 0 heterocycles. The molecule has 0 aliphatic heterocycles. The monoisotopic (exact) mass is 272 g/mol. The molecule has 2 aliphatic rings. The van der Waals surface area contributed by atoms with Gasteiger partial charge in [-0.1, -0.05) is 37.1 Å². The first kappa shape index (κ1) is 13.6. The fraction of sp³-hybridized carbons (Fsp3) is 0.588. The summed E-state index contributed by atoms with van der Waals surface area (Å²) in [7, 11) is 0. The van der Waals surface area contributed by atoms with Crippen molar-refractivity contribution in [2.24, 2.45) is 5.73 Å². The van der Waals surface area contributed by atoms with Gasteiger partial charge in [0.15, 0.2) is 0 Å². The zero-order valence-corrected chi connectivity index (χ0v) is 12.0. The van der Waals surface area contributed by atoms with E-state index in [1.807, 2.05) is 0 Å². The lowest BCUT2D eigenvalue weighted by molar-refractivity contribution is -0.121. The summed E-state index contributed by atoms with van der Waals surface area (Å²) >= 11 is 0. The van der Waals surface area contributed by atoms with Gasteiger partial charge in [-0.15, -0.1) is 0 Å². The van der Waals surface area contributed by atoms with E-state index in [0.717, 1.165) is 32.1 Å². The van der Waals surface area contributed by atoms with Gasteiger partial charge in [0.2, 0.25) is 5.91 Å². The highest BCUT2D eigenvalue weighted by Gasteiger charge is 2.39. The van der Waals surface area contributed by atoms with Crippen LogP contribution in [-0.2, 0) is 16.8 Å². The zero-order valence-electron chi connectivity index (χ0n) is 12.0. The highest BCUT2D eigenvalue weighted by Crippen LogP contribution is 2.42. The van der Waals surface area contributed by atoms with E-state index < -0.39 is 0 Å². The second-order valence-electron chi connectivity index (χ2n) is 6.40. The van der Waals surface area contributed by atoms with Crippen molar-refractivity contribution in [3.05, 3.63) is 35.4 Å². The van der Waals surface area contributed by atoms with Crippen LogP contribution in [-0.4, -0.2) is 11.9 Å². The number of hydrogen-bond acceptors (Lipinski definition) is 2. The summed E-state index contributed by atoms with van der Waals surface area (Å²) in [5.41, 5.74) is 8.57. The van der Waals surface area contributed by atoms with Gasteiger partial charge in [0, 0.05) is 18.0 Å². The number of nitrogens with one attached hydrogen (secondary N) is 1. The van der Waals surface area contributed by atoms with E-state index in [4.69, 9.17) is 5.73 Å². The van der Waals surface area contributed by atoms with Crippen molar-refractivity contribution in [2.45, 2.75) is 62.9 Å². The maximum atomic E-state index is 11.9. The molecule has 3 nitrogen and oxygen atoms in total. The minimum Gasteiger partial charge on any atom is -0.353 e. The van der Waals surface area contributed by atoms with Crippen molar-refractivity contribution < 1.29 is 4.79 Å². The Morgan fingerprint density at radius 3 is 2.45 bits per heavy atom. The van der Waals surface area contributed by atoms with Crippen molar-refractivity contribution in [2.75, 3.05) is 0 Å². The number of carbonyl (C=O) groups is 1. The van der Waals surface area contributed by atoms with Gasteiger partial charge in [0.25, 0.3) is 0 Å². The van der Waals surface area contributed by atoms with E-state index in [0.29, 0.717) is 12.5 Å². The van der Waals surface area contributed by atoms with Crippen LogP contribution in [0.5, 0.6) is 0 Å². The smallest absolute Gasteiger partial charge is 0.220 e. The predicted octanol–water partition coefficient (Wildman–Crippen LogP) is 2.63. The van der Waals surface area contributed by atoms with Crippen LogP contribution in [0.15, 0.2) is 24.3 Å². The molecule has 108 valence electrons. The third-order valence-electron chi connectivity index (χ3n) is 4.68. The van der Waals surface area contributed by atoms with Crippen LogP contribution in [0.4, 0.5) is 0 Å². The molecular formula is C17H24N2O. The van der Waals surface area contributed by atoms with E-state index in [2.05, 4.69) is 29.6 Å². The molecule has 0 spiro atoms. The molecular weight excluding hydrogens is 248 g/mol. The second-order valence-corrected chi connectivity index (χ2v) is 6.40. The number of carbonyl (C=O) groups excluding carboxylic acids is 1. The summed E-state index contributed by atoms with van der Waals surface area (Å²) in [4.78, 5) is 11.9. The van der Waals surface area contributed by atoms with Crippen LogP contribution in [0.3, 0.4) is 0 Å². The first-order chi connectivity index (χ1) is 9.66. The third kappa shape index (κ3) is 3.21. The number of rotatable bonds is 5. The van der Waals surface area contributed by atoms with Crippen molar-refractivity contribution >= 4 is 5.91 Å². The number of aryl methyl sites for hydroxylation is 1. The molecule has 20 heavy (non-hydrogen) atoms. The van der Waals surface area contributed by atoms with E-state index in [1.54, 1.807) is 0 Å². The highest BCUT2D eigenvalue weighted by molar-refractivity contribution is 5.76. The Morgan fingerprint density at radius 2 is 1.85 bits per heavy atom. The molecule has 3 heteroatoms. The average Bonchev–Trinajstić information content (AvgIpc) is 3.00. The Kier molecular flexibility index (Phi) is 3.79. The minimum atomic E-state index is -0.0572. The maximum Gasteiger partial charge on any atom is 0.220 e. The quantitative estimate of drug-likeness (QED) is 0.865. The molecule has 1 aromatic carbocycles. The molecule has 0 saturated heterocycles. The summed E-state index contributed by atoms with van der Waals surface area (Å²) in [6.07, 6.45) is 8.41. The summed E-state index contributed by atoms with van der Waals surface area (Å²) in [5.74, 6) is 0.193. The predicted molar refractivity (Wildman–Crippen MR) is 80.3 cm³/mol. The maximum absolute atomic E-state index is 11.9. The van der Waals surface area contributed by atoms with Crippen molar-refractivity contribution in [3.63, 3.8) is 0 Å². The Morgan fingerprint density at radius 1 is 1.20 bits per heavy atom. The van der Waals surface area contributed by atoms with Crippen LogP contribution < -0.4 is 11.1 Å². The Bertz CT molecular complexity index is 470. The number of amides is 1. The Balaban J connectivity index is 1.46. The lowest BCUT2D eigenvalue weighted by Gasteiger charge is -2.12. The highest BCUT2D eigenvalue weighted by atomic mass is 16.1. The van der Waals surface area contributed by atoms with E-state index in [-0.39, 0.29) is 11.4 Å². The van der Waals surface area contributed by atoms with Gasteiger partial charge in [-0.2, -0.15) is 0 Å². The molecule has 0 unspecified atom stereocenters. The fourth-order valence-corrected chi connectivity index (χ4v) is 3.05. The van der Waals surface area contributed by atoms with E-state index in [9.17, 15) is 4.79 Å². The first-order valence-electron chi connectivity index (χ1n) is 7.83. The molecule has 1 amide bonds. The molecule has 2 fully saturated rings. The van der Waals surface area contributed by atoms with Gasteiger partial charge in [0.05, 0.1) is 0 Å². The van der Waals surface area contributed by atoms with E-state index in [1.165, 1.54) is 24.0 Å². The van der Waals surface area contributed by atoms with Crippen LogP contribution >= 0.6 is 0 Å². The van der Waals surface area contributed by atoms with Crippen molar-refractivity contribution in [1.82, 2.24) is 5.32 Å². The number of hydrogen-bond donors (Lipinski definition) is 2. The average molecular weight is 272 g/mol. The minimum absolute atomic E-state index is 0.0572. The number of nitrogens with two attached hydrogens (primary N) is 1. The molecule has 1 aromatic rings. The molecule has 0 radical (unpaired) electrons. The summed E-state index contributed by atoms with van der Waals surface area (Å²) in [6, 6.07) is 8.90. The van der Waals surface area contributed by atoms with Gasteiger partial charge in [0.1, 0.15) is 0 Å². The van der Waals surface area contributed by atoms with Gasteiger partial charge in [-0.25, -0.2) is 0 Å². The third-order valence-corrected chi connectivity index (χ3v) is 4.68. The molecule has 3 N–H and O–H groups in total. The molecule has 0 bridgehead atoms.